The molecular formula is C13H12N2O4. The van der Waals surface area contributed by atoms with Gasteiger partial charge in [-0.15, -0.1) is 0 Å². The highest BCUT2D eigenvalue weighted by Gasteiger charge is 2.47. The summed E-state index contributed by atoms with van der Waals surface area (Å²) in [7, 11) is 0. The molecule has 0 radical (unpaired) electrons. The Kier molecular flexibility index (Phi) is 3.43. The first-order chi connectivity index (χ1) is 9.02. The van der Waals surface area contributed by atoms with Gasteiger partial charge in [0.25, 0.3) is 11.8 Å². The number of benzene rings is 1. The van der Waals surface area contributed by atoms with Crippen LogP contribution in [0.4, 0.5) is 4.79 Å². The van der Waals surface area contributed by atoms with Gasteiger partial charge in [0.2, 0.25) is 5.60 Å². The minimum Gasteiger partial charge on any atom is -0.371 e. The van der Waals surface area contributed by atoms with E-state index in [2.05, 4.69) is 0 Å². The van der Waals surface area contributed by atoms with Crippen LogP contribution >= 0.6 is 0 Å². The molecule has 1 aliphatic heterocycles. The molecule has 0 spiro atoms. The molecular weight excluding hydrogens is 248 g/mol. The Morgan fingerprint density at radius 3 is 2.21 bits per heavy atom. The summed E-state index contributed by atoms with van der Waals surface area (Å²) >= 11 is 0. The molecule has 3 N–H and O–H groups in total. The zero-order valence-corrected chi connectivity index (χ0v) is 9.92. The van der Waals surface area contributed by atoms with E-state index in [9.17, 15) is 19.5 Å². The number of amides is 4. The van der Waals surface area contributed by atoms with Gasteiger partial charge >= 0.3 is 6.03 Å². The Morgan fingerprint density at radius 1 is 1.05 bits per heavy atom. The van der Waals surface area contributed by atoms with E-state index in [1.54, 1.807) is 6.08 Å². The molecule has 1 fully saturated rings. The number of hydrogen-bond donors (Lipinski definition) is 3. The summed E-state index contributed by atoms with van der Waals surface area (Å²) in [5, 5.41) is 13.7. The second-order valence-electron chi connectivity index (χ2n) is 4.11. The van der Waals surface area contributed by atoms with E-state index in [4.69, 9.17) is 0 Å². The first kappa shape index (κ1) is 13.0. The standard InChI is InChI=1S/C13H12N2O4/c16-10-13(19,11(17)15-12(18)14-10)8-4-7-9-5-2-1-3-6-9/h1-7,19H,8H2,(H2,14,15,16,17,18)/b7-4+. The zero-order chi connectivity index (χ0) is 13.9. The number of carbonyl (C=O) groups is 3. The Hall–Kier alpha value is -2.47. The van der Waals surface area contributed by atoms with Crippen LogP contribution in [0.5, 0.6) is 0 Å². The largest absolute Gasteiger partial charge is 0.371 e. The Labute approximate surface area is 109 Å². The summed E-state index contributed by atoms with van der Waals surface area (Å²) in [5.41, 5.74) is -1.38. The third-order valence-corrected chi connectivity index (χ3v) is 2.73. The van der Waals surface area contributed by atoms with E-state index in [-0.39, 0.29) is 6.42 Å². The lowest BCUT2D eigenvalue weighted by atomic mass is 9.95. The number of hydrogen-bond acceptors (Lipinski definition) is 4. The van der Waals surface area contributed by atoms with Gasteiger partial charge in [0.15, 0.2) is 0 Å². The fourth-order valence-corrected chi connectivity index (χ4v) is 1.66. The third kappa shape index (κ3) is 2.69. The van der Waals surface area contributed by atoms with Gasteiger partial charge in [-0.05, 0) is 5.56 Å². The number of urea groups is 1. The van der Waals surface area contributed by atoms with Gasteiger partial charge in [-0.3, -0.25) is 20.2 Å². The SMILES string of the molecule is O=C1NC(=O)C(O)(C/C=C/c2ccccc2)C(=O)N1. The summed E-state index contributed by atoms with van der Waals surface area (Å²) in [6.07, 6.45) is 2.96. The topological polar surface area (TPSA) is 95.5 Å². The molecule has 0 atom stereocenters. The minimum absolute atomic E-state index is 0.215. The lowest BCUT2D eigenvalue weighted by molar-refractivity contribution is -0.154. The van der Waals surface area contributed by atoms with E-state index in [1.807, 2.05) is 41.0 Å². The maximum absolute atomic E-state index is 11.5. The van der Waals surface area contributed by atoms with E-state index in [0.717, 1.165) is 5.56 Å². The maximum Gasteiger partial charge on any atom is 0.328 e. The van der Waals surface area contributed by atoms with Gasteiger partial charge in [0.05, 0.1) is 0 Å². The summed E-state index contributed by atoms with van der Waals surface area (Å²) in [6.45, 7) is 0. The molecule has 98 valence electrons. The highest BCUT2D eigenvalue weighted by Crippen LogP contribution is 2.16. The highest BCUT2D eigenvalue weighted by molar-refractivity contribution is 6.21. The molecule has 2 rings (SSSR count). The number of imide groups is 2. The first-order valence-electron chi connectivity index (χ1n) is 5.63. The third-order valence-electron chi connectivity index (χ3n) is 2.73. The molecule has 0 aliphatic carbocycles. The normalized spacial score (nSPS) is 18.3. The Balaban J connectivity index is 2.09. The smallest absolute Gasteiger partial charge is 0.328 e. The zero-order valence-electron chi connectivity index (χ0n) is 9.92. The first-order valence-corrected chi connectivity index (χ1v) is 5.63. The van der Waals surface area contributed by atoms with Crippen molar-refractivity contribution in [3.63, 3.8) is 0 Å². The summed E-state index contributed by atoms with van der Waals surface area (Å²) in [4.78, 5) is 33.9. The minimum atomic E-state index is -2.25. The van der Waals surface area contributed by atoms with Gasteiger partial charge < -0.3 is 5.11 Å². The van der Waals surface area contributed by atoms with Gasteiger partial charge in [-0.25, -0.2) is 4.79 Å². The molecule has 1 aromatic carbocycles. The molecule has 1 aliphatic rings. The van der Waals surface area contributed by atoms with Crippen molar-refractivity contribution in [2.24, 2.45) is 0 Å². The Morgan fingerprint density at radius 2 is 1.63 bits per heavy atom. The van der Waals surface area contributed by atoms with Gasteiger partial charge in [0, 0.05) is 6.42 Å². The molecule has 1 heterocycles. The van der Waals surface area contributed by atoms with Crippen molar-refractivity contribution in [3.8, 4) is 0 Å². The number of nitrogens with one attached hydrogen (secondary N) is 2. The molecule has 6 heteroatoms. The molecule has 0 aromatic heterocycles. The van der Waals surface area contributed by atoms with Gasteiger partial charge in [0.1, 0.15) is 0 Å². The van der Waals surface area contributed by atoms with E-state index >= 15 is 0 Å². The molecule has 6 nitrogen and oxygen atoms in total. The fraction of sp³-hybridized carbons (Fsp3) is 0.154. The summed E-state index contributed by atoms with van der Waals surface area (Å²) < 4.78 is 0. The van der Waals surface area contributed by atoms with Crippen LogP contribution in [0.15, 0.2) is 36.4 Å². The lowest BCUT2D eigenvalue weighted by Crippen LogP contribution is -2.66. The van der Waals surface area contributed by atoms with Crippen molar-refractivity contribution in [2.45, 2.75) is 12.0 Å². The highest BCUT2D eigenvalue weighted by atomic mass is 16.3. The average molecular weight is 260 g/mol. The van der Waals surface area contributed by atoms with Crippen molar-refractivity contribution in [1.29, 1.82) is 0 Å². The van der Waals surface area contributed by atoms with Crippen molar-refractivity contribution in [3.05, 3.63) is 42.0 Å². The summed E-state index contributed by atoms with van der Waals surface area (Å²) in [5.74, 6) is -2.03. The van der Waals surface area contributed by atoms with Crippen molar-refractivity contribution < 1.29 is 19.5 Å². The van der Waals surface area contributed by atoms with Crippen LogP contribution in [0, 0.1) is 0 Å². The second-order valence-corrected chi connectivity index (χ2v) is 4.11. The monoisotopic (exact) mass is 260 g/mol. The van der Waals surface area contributed by atoms with E-state index < -0.39 is 23.4 Å². The second kappa shape index (κ2) is 5.03. The predicted molar refractivity (Wildman–Crippen MR) is 66.7 cm³/mol. The number of carbonyl (C=O) groups excluding carboxylic acids is 3. The van der Waals surface area contributed by atoms with Crippen LogP contribution in [-0.2, 0) is 9.59 Å². The average Bonchev–Trinajstić information content (AvgIpc) is 2.37. The van der Waals surface area contributed by atoms with Crippen LogP contribution in [0.3, 0.4) is 0 Å². The van der Waals surface area contributed by atoms with Crippen molar-refractivity contribution >= 4 is 23.9 Å². The molecule has 0 saturated carbocycles. The maximum atomic E-state index is 11.5. The molecule has 1 saturated heterocycles. The number of aliphatic hydroxyl groups is 1. The van der Waals surface area contributed by atoms with Crippen LogP contribution < -0.4 is 10.6 Å². The number of barbiturate groups is 1. The van der Waals surface area contributed by atoms with Crippen LogP contribution in [0.2, 0.25) is 0 Å². The Bertz CT molecular complexity index is 531. The molecule has 0 unspecified atom stereocenters. The fourth-order valence-electron chi connectivity index (χ4n) is 1.66. The molecule has 0 bridgehead atoms. The molecule has 1 aromatic rings. The van der Waals surface area contributed by atoms with Gasteiger partial charge in [-0.2, -0.15) is 0 Å². The molecule has 19 heavy (non-hydrogen) atoms. The predicted octanol–water partition coefficient (Wildman–Crippen LogP) is 0.187. The van der Waals surface area contributed by atoms with Crippen LogP contribution in [-0.4, -0.2) is 28.6 Å². The summed E-state index contributed by atoms with van der Waals surface area (Å²) in [6, 6.07) is 8.29. The van der Waals surface area contributed by atoms with Crippen LogP contribution in [0.25, 0.3) is 6.08 Å². The quantitative estimate of drug-likeness (QED) is 0.676. The lowest BCUT2D eigenvalue weighted by Gasteiger charge is -2.27. The van der Waals surface area contributed by atoms with E-state index in [0.29, 0.717) is 0 Å². The van der Waals surface area contributed by atoms with Gasteiger partial charge in [-0.1, -0.05) is 42.5 Å². The van der Waals surface area contributed by atoms with Crippen LogP contribution in [0.1, 0.15) is 12.0 Å². The van der Waals surface area contributed by atoms with Crippen molar-refractivity contribution in [2.75, 3.05) is 0 Å². The number of rotatable bonds is 3. The van der Waals surface area contributed by atoms with Crippen molar-refractivity contribution in [1.82, 2.24) is 10.6 Å². The van der Waals surface area contributed by atoms with E-state index in [1.165, 1.54) is 6.08 Å². The molecule has 4 amide bonds.